The number of ether oxygens (including phenoxy) is 1. The van der Waals surface area contributed by atoms with E-state index < -0.39 is 6.10 Å². The highest BCUT2D eigenvalue weighted by Crippen LogP contribution is 2.29. The van der Waals surface area contributed by atoms with Gasteiger partial charge in [-0.3, -0.25) is 20.1 Å². The Labute approximate surface area is 181 Å². The molecule has 8 nitrogen and oxygen atoms in total. The van der Waals surface area contributed by atoms with Crippen LogP contribution in [0.3, 0.4) is 0 Å². The molecule has 4 rings (SSSR count). The third kappa shape index (κ3) is 4.43. The van der Waals surface area contributed by atoms with Crippen molar-refractivity contribution < 1.29 is 14.6 Å². The van der Waals surface area contributed by atoms with Crippen LogP contribution in [0, 0.1) is 23.7 Å². The molecule has 0 bridgehead atoms. The molecular weight excluding hydrogens is 394 g/mol. The Bertz CT molecular complexity index is 1040. The van der Waals surface area contributed by atoms with Gasteiger partial charge in [-0.15, -0.1) is 0 Å². The molecule has 160 valence electrons. The van der Waals surface area contributed by atoms with Gasteiger partial charge < -0.3 is 14.7 Å². The molecular formula is C23H25N5O3. The van der Waals surface area contributed by atoms with Gasteiger partial charge in [0.1, 0.15) is 12.7 Å². The second-order valence-electron chi connectivity index (χ2n) is 7.96. The summed E-state index contributed by atoms with van der Waals surface area (Å²) in [5.41, 5.74) is 4.89. The fraction of sp³-hybridized carbons (Fsp3) is 0.391. The molecule has 1 aromatic heterocycles. The summed E-state index contributed by atoms with van der Waals surface area (Å²) in [6, 6.07) is 9.29. The van der Waals surface area contributed by atoms with E-state index in [-0.39, 0.29) is 18.3 Å². The second kappa shape index (κ2) is 8.84. The first kappa shape index (κ1) is 21.0. The van der Waals surface area contributed by atoms with Crippen molar-refractivity contribution in [2.45, 2.75) is 26.1 Å². The van der Waals surface area contributed by atoms with Crippen LogP contribution in [-0.4, -0.2) is 64.4 Å². The van der Waals surface area contributed by atoms with E-state index in [9.17, 15) is 9.90 Å². The van der Waals surface area contributed by atoms with Crippen LogP contribution >= 0.6 is 0 Å². The minimum absolute atomic E-state index is 0.0413. The number of carbonyl (C=O) groups excluding carboxylic acids is 1. The number of aromatic nitrogens is 1. The number of aliphatic hydroxyl groups excluding tert-OH is 1. The lowest BCUT2D eigenvalue weighted by Crippen LogP contribution is -2.51. The lowest BCUT2D eigenvalue weighted by molar-refractivity contribution is -0.136. The number of carbonyl (C=O) groups is 1. The minimum Gasteiger partial charge on any atom is -0.473 e. The molecule has 1 fully saturated rings. The molecule has 2 N–H and O–H groups in total. The van der Waals surface area contributed by atoms with Gasteiger partial charge in [0.25, 0.3) is 0 Å². The van der Waals surface area contributed by atoms with Gasteiger partial charge >= 0.3 is 0 Å². The maximum Gasteiger partial charge on any atom is 0.236 e. The maximum absolute atomic E-state index is 12.6. The second-order valence-corrected chi connectivity index (χ2v) is 7.96. The van der Waals surface area contributed by atoms with Crippen molar-refractivity contribution >= 4 is 11.8 Å². The summed E-state index contributed by atoms with van der Waals surface area (Å²) in [5.74, 6) is 0.219. The monoisotopic (exact) mass is 419 g/mol. The molecule has 1 atom stereocenters. The quantitative estimate of drug-likeness (QED) is 0.734. The van der Waals surface area contributed by atoms with Gasteiger partial charge in [0.15, 0.2) is 0 Å². The van der Waals surface area contributed by atoms with E-state index in [1.807, 2.05) is 41.0 Å². The van der Waals surface area contributed by atoms with E-state index in [2.05, 4.69) is 4.98 Å². The number of hydrogen-bond acceptors (Lipinski definition) is 7. The van der Waals surface area contributed by atoms with Crippen molar-refractivity contribution in [3.05, 3.63) is 64.0 Å². The molecule has 0 spiro atoms. The Hall–Kier alpha value is -3.28. The van der Waals surface area contributed by atoms with Gasteiger partial charge in [-0.1, -0.05) is 6.07 Å². The van der Waals surface area contributed by atoms with Gasteiger partial charge in [-0.05, 0) is 36.2 Å². The number of β-amino-alcohol motifs (C(OH)–C–C–N with tert-alkyl or cyclic N) is 1. The van der Waals surface area contributed by atoms with E-state index >= 15 is 0 Å². The van der Waals surface area contributed by atoms with Crippen molar-refractivity contribution in [3.8, 4) is 6.07 Å². The Morgan fingerprint density at radius 3 is 2.87 bits per heavy atom. The number of amides is 1. The van der Waals surface area contributed by atoms with Gasteiger partial charge in [-0.2, -0.15) is 5.26 Å². The van der Waals surface area contributed by atoms with Crippen LogP contribution in [-0.2, 0) is 22.6 Å². The average Bonchev–Trinajstić information content (AvgIpc) is 3.15. The van der Waals surface area contributed by atoms with Gasteiger partial charge in [0.05, 0.1) is 18.2 Å². The lowest BCUT2D eigenvalue weighted by atomic mass is 9.95. The SMILES string of the molecule is Cc1c(C(O)CN2CCN(CCc3ccc(C#N)cn3)C(=O)C2)ccc2c1COC2=N. The van der Waals surface area contributed by atoms with Gasteiger partial charge in [0.2, 0.25) is 11.8 Å². The van der Waals surface area contributed by atoms with Crippen LogP contribution in [0.15, 0.2) is 30.5 Å². The summed E-state index contributed by atoms with van der Waals surface area (Å²) < 4.78 is 5.30. The Kier molecular flexibility index (Phi) is 5.98. The molecule has 1 aromatic carbocycles. The summed E-state index contributed by atoms with van der Waals surface area (Å²) in [5, 5.41) is 27.5. The zero-order chi connectivity index (χ0) is 22.0. The zero-order valence-corrected chi connectivity index (χ0v) is 17.5. The average molecular weight is 419 g/mol. The van der Waals surface area contributed by atoms with E-state index in [4.69, 9.17) is 15.4 Å². The van der Waals surface area contributed by atoms with Crippen LogP contribution < -0.4 is 0 Å². The number of aliphatic hydroxyl groups is 1. The highest BCUT2D eigenvalue weighted by Gasteiger charge is 2.28. The van der Waals surface area contributed by atoms with E-state index in [0.717, 1.165) is 27.9 Å². The zero-order valence-electron chi connectivity index (χ0n) is 17.5. The van der Waals surface area contributed by atoms with E-state index in [1.165, 1.54) is 0 Å². The number of piperazine rings is 1. The molecule has 8 heteroatoms. The molecule has 1 unspecified atom stereocenters. The molecule has 0 aliphatic carbocycles. The number of rotatable bonds is 6. The van der Waals surface area contributed by atoms with Crippen molar-refractivity contribution in [1.82, 2.24) is 14.8 Å². The summed E-state index contributed by atoms with van der Waals surface area (Å²) in [4.78, 5) is 20.7. The number of pyridine rings is 1. The Morgan fingerprint density at radius 1 is 1.32 bits per heavy atom. The number of hydrogen-bond donors (Lipinski definition) is 2. The molecule has 1 amide bonds. The predicted octanol–water partition coefficient (Wildman–Crippen LogP) is 1.54. The molecule has 2 aromatic rings. The number of nitriles is 1. The lowest BCUT2D eigenvalue weighted by Gasteiger charge is -2.35. The first-order chi connectivity index (χ1) is 15.0. The summed E-state index contributed by atoms with van der Waals surface area (Å²) in [6.45, 7) is 4.86. The van der Waals surface area contributed by atoms with E-state index in [0.29, 0.717) is 44.8 Å². The third-order valence-electron chi connectivity index (χ3n) is 6.03. The smallest absolute Gasteiger partial charge is 0.236 e. The van der Waals surface area contributed by atoms with Gasteiger partial charge in [0, 0.05) is 55.6 Å². The standard InChI is InChI=1S/C23H25N5O3/c1-15-18(4-5-19-20(15)14-31-23(19)25)21(29)12-27-8-9-28(22(30)13-27)7-6-17-3-2-16(10-24)11-26-17/h2-5,11,21,25,29H,6-9,12-14H2,1H3. The largest absolute Gasteiger partial charge is 0.473 e. The predicted molar refractivity (Wildman–Crippen MR) is 113 cm³/mol. The van der Waals surface area contributed by atoms with Crippen molar-refractivity contribution in [3.63, 3.8) is 0 Å². The van der Waals surface area contributed by atoms with Crippen LogP contribution in [0.25, 0.3) is 0 Å². The first-order valence-corrected chi connectivity index (χ1v) is 10.3. The summed E-state index contributed by atoms with van der Waals surface area (Å²) in [6.07, 6.45) is 1.49. The van der Waals surface area contributed by atoms with Crippen molar-refractivity contribution in [2.75, 3.05) is 32.7 Å². The first-order valence-electron chi connectivity index (χ1n) is 10.3. The Balaban J connectivity index is 1.31. The summed E-state index contributed by atoms with van der Waals surface area (Å²) >= 11 is 0. The fourth-order valence-corrected chi connectivity index (χ4v) is 4.14. The van der Waals surface area contributed by atoms with E-state index in [1.54, 1.807) is 12.3 Å². The normalized spacial score (nSPS) is 17.3. The van der Waals surface area contributed by atoms with Crippen molar-refractivity contribution in [2.24, 2.45) is 0 Å². The molecule has 31 heavy (non-hydrogen) atoms. The summed E-state index contributed by atoms with van der Waals surface area (Å²) in [7, 11) is 0. The highest BCUT2D eigenvalue weighted by molar-refractivity contribution is 5.95. The van der Waals surface area contributed by atoms with Crippen LogP contribution in [0.4, 0.5) is 0 Å². The molecule has 1 saturated heterocycles. The molecule has 2 aliphatic rings. The molecule has 0 saturated carbocycles. The number of nitrogens with one attached hydrogen (secondary N) is 1. The van der Waals surface area contributed by atoms with Crippen molar-refractivity contribution in [1.29, 1.82) is 10.7 Å². The molecule has 0 radical (unpaired) electrons. The minimum atomic E-state index is -0.706. The highest BCUT2D eigenvalue weighted by atomic mass is 16.5. The number of benzene rings is 1. The van der Waals surface area contributed by atoms with Gasteiger partial charge in [-0.25, -0.2) is 0 Å². The topological polar surface area (TPSA) is 114 Å². The third-order valence-corrected chi connectivity index (χ3v) is 6.03. The number of nitrogens with zero attached hydrogens (tertiary/aromatic N) is 4. The molecule has 3 heterocycles. The number of fused-ring (bicyclic) bond motifs is 1. The fourth-order valence-electron chi connectivity index (χ4n) is 4.14. The van der Waals surface area contributed by atoms with Crippen LogP contribution in [0.5, 0.6) is 0 Å². The maximum atomic E-state index is 12.6. The molecule has 2 aliphatic heterocycles. The Morgan fingerprint density at radius 2 is 2.16 bits per heavy atom. The van der Waals surface area contributed by atoms with Crippen LogP contribution in [0.2, 0.25) is 0 Å². The van der Waals surface area contributed by atoms with Crippen LogP contribution in [0.1, 0.15) is 39.6 Å².